The lowest BCUT2D eigenvalue weighted by Gasteiger charge is -2.13. The zero-order chi connectivity index (χ0) is 15.4. The molecule has 0 spiro atoms. The summed E-state index contributed by atoms with van der Waals surface area (Å²) in [4.78, 5) is 12.4. The van der Waals surface area contributed by atoms with Gasteiger partial charge in [-0.2, -0.15) is 0 Å². The fraction of sp³-hybridized carbons (Fsp3) is 0.133. The highest BCUT2D eigenvalue weighted by Gasteiger charge is 2.17. The number of nitrogen functional groups attached to an aromatic ring is 1. The molecule has 110 valence electrons. The minimum absolute atomic E-state index is 0.301. The van der Waals surface area contributed by atoms with Crippen LogP contribution in [0.25, 0.3) is 0 Å². The monoisotopic (exact) mass is 368 g/mol. The van der Waals surface area contributed by atoms with Gasteiger partial charge in [0.1, 0.15) is 11.3 Å². The molecule has 0 aromatic heterocycles. The molecule has 2 rings (SSSR count). The first-order valence-corrected chi connectivity index (χ1v) is 7.47. The van der Waals surface area contributed by atoms with E-state index in [4.69, 9.17) is 22.1 Å². The van der Waals surface area contributed by atoms with Gasteiger partial charge in [0.25, 0.3) is 5.91 Å². The zero-order valence-corrected chi connectivity index (χ0v) is 13.7. The average molecular weight is 370 g/mol. The molecule has 0 saturated heterocycles. The number of amides is 1. The first-order valence-electron chi connectivity index (χ1n) is 6.30. The Labute approximate surface area is 136 Å². The largest absolute Gasteiger partial charge is 0.493 e. The van der Waals surface area contributed by atoms with Gasteiger partial charge in [-0.25, -0.2) is 0 Å². The van der Waals surface area contributed by atoms with Crippen molar-refractivity contribution in [3.63, 3.8) is 0 Å². The van der Waals surface area contributed by atoms with E-state index < -0.39 is 0 Å². The van der Waals surface area contributed by atoms with Crippen LogP contribution in [-0.2, 0) is 0 Å². The van der Waals surface area contributed by atoms with E-state index in [0.717, 1.165) is 4.47 Å². The second kappa shape index (κ2) is 6.83. The number of hydrogen-bond acceptors (Lipinski definition) is 3. The van der Waals surface area contributed by atoms with Crippen molar-refractivity contribution < 1.29 is 9.53 Å². The maximum Gasteiger partial charge on any atom is 0.261 e. The summed E-state index contributed by atoms with van der Waals surface area (Å²) in [5.74, 6) is 0.0812. The lowest BCUT2D eigenvalue weighted by atomic mass is 10.1. The molecule has 1 amide bonds. The minimum atomic E-state index is -0.364. The number of rotatable bonds is 4. The molecule has 0 fully saturated rings. The third-order valence-corrected chi connectivity index (χ3v) is 3.58. The molecular formula is C15H14BrClN2O2. The Bertz CT molecular complexity index is 677. The first kappa shape index (κ1) is 15.7. The van der Waals surface area contributed by atoms with Crippen molar-refractivity contribution >= 4 is 44.8 Å². The van der Waals surface area contributed by atoms with E-state index in [1.807, 2.05) is 6.92 Å². The number of halogens is 2. The third kappa shape index (κ3) is 3.68. The van der Waals surface area contributed by atoms with E-state index >= 15 is 0 Å². The summed E-state index contributed by atoms with van der Waals surface area (Å²) in [6.07, 6.45) is 0. The van der Waals surface area contributed by atoms with Gasteiger partial charge in [0, 0.05) is 10.2 Å². The third-order valence-electron chi connectivity index (χ3n) is 2.76. The Balaban J connectivity index is 2.34. The van der Waals surface area contributed by atoms with E-state index in [-0.39, 0.29) is 5.91 Å². The number of anilines is 2. The molecular weight excluding hydrogens is 356 g/mol. The van der Waals surface area contributed by atoms with Crippen molar-refractivity contribution in [2.24, 2.45) is 0 Å². The predicted octanol–water partition coefficient (Wildman–Crippen LogP) is 4.34. The number of benzene rings is 2. The van der Waals surface area contributed by atoms with Gasteiger partial charge in [-0.05, 0) is 37.3 Å². The molecule has 0 radical (unpaired) electrons. The van der Waals surface area contributed by atoms with Crippen LogP contribution in [0.1, 0.15) is 17.3 Å². The summed E-state index contributed by atoms with van der Waals surface area (Å²) in [7, 11) is 0. The van der Waals surface area contributed by atoms with Crippen LogP contribution >= 0.6 is 27.5 Å². The molecule has 0 heterocycles. The molecule has 0 saturated carbocycles. The Morgan fingerprint density at radius 1 is 1.38 bits per heavy atom. The van der Waals surface area contributed by atoms with Gasteiger partial charge in [-0.1, -0.05) is 33.6 Å². The molecule has 3 N–H and O–H groups in total. The van der Waals surface area contributed by atoms with Crippen LogP contribution in [0.3, 0.4) is 0 Å². The van der Waals surface area contributed by atoms with Crippen LogP contribution in [0, 0.1) is 0 Å². The van der Waals surface area contributed by atoms with Crippen molar-refractivity contribution in [3.8, 4) is 5.75 Å². The number of nitrogens with one attached hydrogen (secondary N) is 1. The highest BCUT2D eigenvalue weighted by atomic mass is 79.9. The van der Waals surface area contributed by atoms with E-state index in [0.29, 0.717) is 34.3 Å². The van der Waals surface area contributed by atoms with E-state index in [9.17, 15) is 4.79 Å². The normalized spacial score (nSPS) is 10.2. The van der Waals surface area contributed by atoms with Crippen LogP contribution in [0.15, 0.2) is 40.9 Å². The molecule has 0 atom stereocenters. The average Bonchev–Trinajstić information content (AvgIpc) is 2.43. The van der Waals surface area contributed by atoms with Crippen LogP contribution in [-0.4, -0.2) is 12.5 Å². The van der Waals surface area contributed by atoms with Crippen LogP contribution in [0.2, 0.25) is 5.02 Å². The molecule has 21 heavy (non-hydrogen) atoms. The maximum absolute atomic E-state index is 12.4. The number of hydrogen-bond donors (Lipinski definition) is 2. The molecule has 0 aliphatic rings. The smallest absolute Gasteiger partial charge is 0.261 e. The fourth-order valence-electron chi connectivity index (χ4n) is 1.84. The van der Waals surface area contributed by atoms with Gasteiger partial charge in [-0.15, -0.1) is 0 Å². The summed E-state index contributed by atoms with van der Waals surface area (Å²) in [6, 6.07) is 10.3. The Morgan fingerprint density at radius 3 is 2.86 bits per heavy atom. The van der Waals surface area contributed by atoms with Crippen molar-refractivity contribution in [2.45, 2.75) is 6.92 Å². The number of ether oxygens (including phenoxy) is 1. The van der Waals surface area contributed by atoms with E-state index in [1.165, 1.54) is 0 Å². The van der Waals surface area contributed by atoms with Gasteiger partial charge in [-0.3, -0.25) is 4.79 Å². The topological polar surface area (TPSA) is 64.3 Å². The fourth-order valence-corrected chi connectivity index (χ4v) is 2.37. The SMILES string of the molecule is CCOc1cccc(N)c1C(=O)Nc1cc(Br)ccc1Cl. The Kier molecular flexibility index (Phi) is 5.09. The summed E-state index contributed by atoms with van der Waals surface area (Å²) in [6.45, 7) is 2.29. The first-order chi connectivity index (χ1) is 10.0. The summed E-state index contributed by atoms with van der Waals surface area (Å²) >= 11 is 9.41. The standard InChI is InChI=1S/C15H14BrClN2O2/c1-2-21-13-5-3-4-11(18)14(13)15(20)19-12-8-9(16)6-7-10(12)17/h3-8H,2,18H2,1H3,(H,19,20). The second-order valence-corrected chi connectivity index (χ2v) is 5.55. The molecule has 6 heteroatoms. The molecule has 0 bridgehead atoms. The van der Waals surface area contributed by atoms with Gasteiger partial charge < -0.3 is 15.8 Å². The van der Waals surface area contributed by atoms with Gasteiger partial charge >= 0.3 is 0 Å². The summed E-state index contributed by atoms with van der Waals surface area (Å²) in [5, 5.41) is 3.19. The second-order valence-electron chi connectivity index (χ2n) is 4.23. The quantitative estimate of drug-likeness (QED) is 0.788. The molecule has 0 unspecified atom stereocenters. The Hall–Kier alpha value is -1.72. The Morgan fingerprint density at radius 2 is 2.14 bits per heavy atom. The van der Waals surface area contributed by atoms with Crippen molar-refractivity contribution in [2.75, 3.05) is 17.7 Å². The van der Waals surface area contributed by atoms with Crippen LogP contribution in [0.4, 0.5) is 11.4 Å². The highest BCUT2D eigenvalue weighted by molar-refractivity contribution is 9.10. The molecule has 2 aromatic rings. The highest BCUT2D eigenvalue weighted by Crippen LogP contribution is 2.29. The lowest BCUT2D eigenvalue weighted by Crippen LogP contribution is -2.16. The van der Waals surface area contributed by atoms with Crippen molar-refractivity contribution in [3.05, 3.63) is 51.5 Å². The molecule has 4 nitrogen and oxygen atoms in total. The summed E-state index contributed by atoms with van der Waals surface area (Å²) in [5.41, 5.74) is 7.05. The summed E-state index contributed by atoms with van der Waals surface area (Å²) < 4.78 is 6.26. The van der Waals surface area contributed by atoms with Gasteiger partial charge in [0.15, 0.2) is 0 Å². The lowest BCUT2D eigenvalue weighted by molar-refractivity contribution is 0.102. The van der Waals surface area contributed by atoms with E-state index in [1.54, 1.807) is 36.4 Å². The number of carbonyl (C=O) groups is 1. The van der Waals surface area contributed by atoms with Crippen molar-refractivity contribution in [1.29, 1.82) is 0 Å². The van der Waals surface area contributed by atoms with Gasteiger partial charge in [0.2, 0.25) is 0 Å². The van der Waals surface area contributed by atoms with Crippen LogP contribution in [0.5, 0.6) is 5.75 Å². The predicted molar refractivity (Wildman–Crippen MR) is 89.1 cm³/mol. The van der Waals surface area contributed by atoms with E-state index in [2.05, 4.69) is 21.2 Å². The maximum atomic E-state index is 12.4. The zero-order valence-electron chi connectivity index (χ0n) is 11.3. The molecule has 2 aromatic carbocycles. The van der Waals surface area contributed by atoms with Gasteiger partial charge in [0.05, 0.1) is 17.3 Å². The minimum Gasteiger partial charge on any atom is -0.493 e. The molecule has 0 aliphatic heterocycles. The number of carbonyl (C=O) groups excluding carboxylic acids is 1. The molecule has 0 aliphatic carbocycles. The van der Waals surface area contributed by atoms with Crippen molar-refractivity contribution in [1.82, 2.24) is 0 Å². The van der Waals surface area contributed by atoms with Crippen LogP contribution < -0.4 is 15.8 Å². The number of nitrogens with two attached hydrogens (primary N) is 1.